The standard InChI is InChI=1S/C24H17F.C2H6/c1-18-3-7-20(8-4-18)11-12-22-14-16-23(24(25)17-22)15-13-21-9-5-19(2)6-10-21;1-2/h3-10,14,16-17H,1-2H3;1-2H3. The minimum atomic E-state index is -0.352. The fraction of sp³-hybridized carbons (Fsp3) is 0.154. The molecule has 0 aromatic heterocycles. The summed E-state index contributed by atoms with van der Waals surface area (Å²) in [5.41, 5.74) is 5.16. The Labute approximate surface area is 162 Å². The van der Waals surface area contributed by atoms with Gasteiger partial charge in [0.25, 0.3) is 0 Å². The summed E-state index contributed by atoms with van der Waals surface area (Å²) in [4.78, 5) is 0. The molecule has 3 aromatic carbocycles. The number of hydrogen-bond donors (Lipinski definition) is 0. The monoisotopic (exact) mass is 354 g/mol. The topological polar surface area (TPSA) is 0 Å². The number of benzene rings is 3. The van der Waals surface area contributed by atoms with E-state index in [1.54, 1.807) is 12.1 Å². The van der Waals surface area contributed by atoms with Crippen molar-refractivity contribution in [1.29, 1.82) is 0 Å². The van der Waals surface area contributed by atoms with E-state index in [1.165, 1.54) is 17.2 Å². The molecule has 1 heteroatoms. The minimum absolute atomic E-state index is 0.352. The quantitative estimate of drug-likeness (QED) is 0.417. The highest BCUT2D eigenvalue weighted by molar-refractivity contribution is 5.48. The van der Waals surface area contributed by atoms with Gasteiger partial charge in [-0.2, -0.15) is 0 Å². The van der Waals surface area contributed by atoms with E-state index in [4.69, 9.17) is 0 Å². The molecule has 0 radical (unpaired) electrons. The first-order chi connectivity index (χ1) is 13.1. The molecule has 0 spiro atoms. The Morgan fingerprint density at radius 2 is 0.963 bits per heavy atom. The summed E-state index contributed by atoms with van der Waals surface area (Å²) in [6.07, 6.45) is 0. The highest BCUT2D eigenvalue weighted by Crippen LogP contribution is 2.10. The first kappa shape index (κ1) is 20.0. The van der Waals surface area contributed by atoms with E-state index < -0.39 is 0 Å². The maximum Gasteiger partial charge on any atom is 0.140 e. The lowest BCUT2D eigenvalue weighted by Gasteiger charge is -1.96. The molecule has 3 aromatic rings. The first-order valence-corrected chi connectivity index (χ1v) is 9.07. The summed E-state index contributed by atoms with van der Waals surface area (Å²) in [7, 11) is 0. The van der Waals surface area contributed by atoms with Crippen molar-refractivity contribution in [1.82, 2.24) is 0 Å². The van der Waals surface area contributed by atoms with Gasteiger partial charge in [0, 0.05) is 16.7 Å². The molecule has 0 unspecified atom stereocenters. The van der Waals surface area contributed by atoms with Gasteiger partial charge in [0.05, 0.1) is 5.56 Å². The average molecular weight is 354 g/mol. The summed E-state index contributed by atoms with van der Waals surface area (Å²) in [6, 6.07) is 20.7. The second kappa shape index (κ2) is 10.0. The first-order valence-electron chi connectivity index (χ1n) is 9.07. The molecule has 3 rings (SSSR count). The molecule has 0 aliphatic heterocycles. The Morgan fingerprint density at radius 1 is 0.556 bits per heavy atom. The van der Waals surface area contributed by atoms with Crippen molar-refractivity contribution in [2.45, 2.75) is 27.7 Å². The van der Waals surface area contributed by atoms with E-state index in [2.05, 4.69) is 23.7 Å². The van der Waals surface area contributed by atoms with Crippen molar-refractivity contribution in [2.75, 3.05) is 0 Å². The van der Waals surface area contributed by atoms with Crippen LogP contribution in [-0.4, -0.2) is 0 Å². The molecule has 0 heterocycles. The zero-order valence-electron chi connectivity index (χ0n) is 16.2. The Balaban J connectivity index is 0.00000126. The highest BCUT2D eigenvalue weighted by atomic mass is 19.1. The number of hydrogen-bond acceptors (Lipinski definition) is 0. The maximum atomic E-state index is 14.2. The van der Waals surface area contributed by atoms with Gasteiger partial charge in [-0.1, -0.05) is 72.9 Å². The molecule has 0 N–H and O–H groups in total. The molecule has 134 valence electrons. The van der Waals surface area contributed by atoms with Gasteiger partial charge in [0.15, 0.2) is 0 Å². The van der Waals surface area contributed by atoms with Crippen LogP contribution in [-0.2, 0) is 0 Å². The molecular weight excluding hydrogens is 331 g/mol. The molecule has 0 saturated heterocycles. The predicted octanol–water partition coefficient (Wildman–Crippen LogP) is 6.27. The number of halogens is 1. The zero-order chi connectivity index (χ0) is 19.6. The molecule has 0 saturated carbocycles. The summed E-state index contributed by atoms with van der Waals surface area (Å²) in [6.45, 7) is 8.05. The summed E-state index contributed by atoms with van der Waals surface area (Å²) in [5.74, 6) is 11.6. The fourth-order valence-corrected chi connectivity index (χ4v) is 2.25. The van der Waals surface area contributed by atoms with Crippen LogP contribution in [0.5, 0.6) is 0 Å². The third-order valence-corrected chi connectivity index (χ3v) is 3.76. The molecule has 0 aliphatic carbocycles. The van der Waals surface area contributed by atoms with Gasteiger partial charge in [-0.15, -0.1) is 0 Å². The van der Waals surface area contributed by atoms with Crippen LogP contribution in [0.15, 0.2) is 66.7 Å². The van der Waals surface area contributed by atoms with Crippen LogP contribution in [0.3, 0.4) is 0 Å². The zero-order valence-corrected chi connectivity index (χ0v) is 16.2. The van der Waals surface area contributed by atoms with Gasteiger partial charge < -0.3 is 0 Å². The lowest BCUT2D eigenvalue weighted by molar-refractivity contribution is 0.624. The van der Waals surface area contributed by atoms with Crippen molar-refractivity contribution in [3.05, 3.63) is 106 Å². The normalized spacial score (nSPS) is 9.07. The lowest BCUT2D eigenvalue weighted by Crippen LogP contribution is -1.86. The van der Waals surface area contributed by atoms with Crippen molar-refractivity contribution in [2.24, 2.45) is 0 Å². The van der Waals surface area contributed by atoms with E-state index in [9.17, 15) is 4.39 Å². The molecule has 0 nitrogen and oxygen atoms in total. The summed E-state index contributed by atoms with van der Waals surface area (Å²) in [5, 5.41) is 0. The van der Waals surface area contributed by atoms with Gasteiger partial charge >= 0.3 is 0 Å². The van der Waals surface area contributed by atoms with E-state index in [0.29, 0.717) is 11.1 Å². The van der Waals surface area contributed by atoms with Gasteiger partial charge in [-0.25, -0.2) is 4.39 Å². The third kappa shape index (κ3) is 6.18. The summed E-state index contributed by atoms with van der Waals surface area (Å²) >= 11 is 0. The number of rotatable bonds is 0. The molecule has 0 amide bonds. The summed E-state index contributed by atoms with van der Waals surface area (Å²) < 4.78 is 14.2. The van der Waals surface area contributed by atoms with E-state index in [-0.39, 0.29) is 5.82 Å². The largest absolute Gasteiger partial charge is 0.206 e. The van der Waals surface area contributed by atoms with Crippen molar-refractivity contribution in [3.63, 3.8) is 0 Å². The van der Waals surface area contributed by atoms with Gasteiger partial charge in [-0.05, 0) is 56.3 Å². The maximum absolute atomic E-state index is 14.2. The average Bonchev–Trinajstić information content (AvgIpc) is 2.70. The van der Waals surface area contributed by atoms with Crippen LogP contribution < -0.4 is 0 Å². The van der Waals surface area contributed by atoms with Gasteiger partial charge in [-0.3, -0.25) is 0 Å². The fourth-order valence-electron chi connectivity index (χ4n) is 2.25. The van der Waals surface area contributed by atoms with E-state index in [1.807, 2.05) is 76.2 Å². The molecule has 0 bridgehead atoms. The van der Waals surface area contributed by atoms with Crippen LogP contribution in [0.1, 0.15) is 47.2 Å². The van der Waals surface area contributed by atoms with Crippen LogP contribution in [0, 0.1) is 43.3 Å². The number of aryl methyl sites for hydroxylation is 2. The van der Waals surface area contributed by atoms with Crippen LogP contribution in [0.4, 0.5) is 4.39 Å². The smallest absolute Gasteiger partial charge is 0.140 e. The molecule has 0 fully saturated rings. The predicted molar refractivity (Wildman–Crippen MR) is 112 cm³/mol. The van der Waals surface area contributed by atoms with Crippen LogP contribution in [0.25, 0.3) is 0 Å². The Bertz CT molecular complexity index is 1000. The Morgan fingerprint density at radius 3 is 1.44 bits per heavy atom. The molecule has 27 heavy (non-hydrogen) atoms. The second-order valence-electron chi connectivity index (χ2n) is 5.93. The van der Waals surface area contributed by atoms with E-state index >= 15 is 0 Å². The van der Waals surface area contributed by atoms with Crippen LogP contribution >= 0.6 is 0 Å². The minimum Gasteiger partial charge on any atom is -0.206 e. The van der Waals surface area contributed by atoms with Gasteiger partial charge in [0.1, 0.15) is 5.82 Å². The molecular formula is C26H23F. The van der Waals surface area contributed by atoms with Gasteiger partial charge in [0.2, 0.25) is 0 Å². The SMILES string of the molecule is CC.Cc1ccc(C#Cc2ccc(C#Cc3ccc(C)cc3)c(F)c2)cc1. The second-order valence-corrected chi connectivity index (χ2v) is 5.93. The Kier molecular flexibility index (Phi) is 7.42. The molecule has 0 aliphatic rings. The lowest BCUT2D eigenvalue weighted by atomic mass is 10.1. The van der Waals surface area contributed by atoms with Crippen LogP contribution in [0.2, 0.25) is 0 Å². The van der Waals surface area contributed by atoms with Crippen molar-refractivity contribution >= 4 is 0 Å². The van der Waals surface area contributed by atoms with Crippen molar-refractivity contribution in [3.8, 4) is 23.7 Å². The molecule has 0 atom stereocenters. The van der Waals surface area contributed by atoms with Crippen molar-refractivity contribution < 1.29 is 4.39 Å². The Hall–Kier alpha value is -3.29. The third-order valence-electron chi connectivity index (χ3n) is 3.76. The highest BCUT2D eigenvalue weighted by Gasteiger charge is 1.99. The van der Waals surface area contributed by atoms with E-state index in [0.717, 1.165) is 11.1 Å².